The fraction of sp³-hybridized carbons (Fsp3) is 0.105. The van der Waals surface area contributed by atoms with Crippen LogP contribution < -0.4 is 10.3 Å². The molecule has 0 aliphatic rings. The lowest BCUT2D eigenvalue weighted by molar-refractivity contribution is -0.596. The van der Waals surface area contributed by atoms with Crippen LogP contribution in [-0.2, 0) is 0 Å². The Kier molecular flexibility index (Phi) is 3.44. The van der Waals surface area contributed by atoms with Gasteiger partial charge in [-0.1, -0.05) is 30.3 Å². The first-order chi connectivity index (χ1) is 10.1. The van der Waals surface area contributed by atoms with E-state index in [0.717, 1.165) is 11.3 Å². The first-order valence-corrected chi connectivity index (χ1v) is 7.09. The third kappa shape index (κ3) is 2.65. The predicted octanol–water partition coefficient (Wildman–Crippen LogP) is 3.83. The first-order valence-electron chi connectivity index (χ1n) is 7.09. The third-order valence-electron chi connectivity index (χ3n) is 3.80. The number of nitrogens with zero attached hydrogens (tertiary/aromatic N) is 1. The monoisotopic (exact) mass is 275 g/mol. The summed E-state index contributed by atoms with van der Waals surface area (Å²) in [4.78, 5) is 0. The molecule has 0 aliphatic carbocycles. The van der Waals surface area contributed by atoms with Crippen molar-refractivity contribution in [3.8, 4) is 16.8 Å². The fourth-order valence-electron chi connectivity index (χ4n) is 2.51. The standard InChI is InChI=1S/C19H19N2/c1-14-13-19(15(2)12-18(14)20)21-10-8-17(9-11-21)16-6-4-3-5-7-16/h3-13H,20H2,1-2H3/q+1. The van der Waals surface area contributed by atoms with E-state index >= 15 is 0 Å². The number of pyridine rings is 1. The number of nitrogen functional groups attached to an aromatic ring is 1. The molecule has 0 aliphatic heterocycles. The molecule has 0 amide bonds. The summed E-state index contributed by atoms with van der Waals surface area (Å²) in [5.74, 6) is 0. The topological polar surface area (TPSA) is 29.9 Å². The van der Waals surface area contributed by atoms with Crippen molar-refractivity contribution in [2.24, 2.45) is 0 Å². The summed E-state index contributed by atoms with van der Waals surface area (Å²) >= 11 is 0. The average Bonchev–Trinajstić information content (AvgIpc) is 2.52. The summed E-state index contributed by atoms with van der Waals surface area (Å²) in [6.07, 6.45) is 4.20. The minimum Gasteiger partial charge on any atom is -0.398 e. The lowest BCUT2D eigenvalue weighted by atomic mass is 10.1. The predicted molar refractivity (Wildman–Crippen MR) is 87.3 cm³/mol. The van der Waals surface area contributed by atoms with Gasteiger partial charge in [0.25, 0.3) is 0 Å². The highest BCUT2D eigenvalue weighted by Crippen LogP contribution is 2.20. The third-order valence-corrected chi connectivity index (χ3v) is 3.80. The number of aromatic nitrogens is 1. The number of aryl methyl sites for hydroxylation is 2. The SMILES string of the molecule is Cc1cc(-[n+]2ccc(-c3ccccc3)cc2)c(C)cc1N. The van der Waals surface area contributed by atoms with Gasteiger partial charge < -0.3 is 5.73 Å². The zero-order valence-electron chi connectivity index (χ0n) is 12.4. The van der Waals surface area contributed by atoms with Crippen molar-refractivity contribution < 1.29 is 4.57 Å². The Morgan fingerprint density at radius 2 is 1.38 bits per heavy atom. The van der Waals surface area contributed by atoms with Crippen LogP contribution in [0.2, 0.25) is 0 Å². The molecule has 0 spiro atoms. The summed E-state index contributed by atoms with van der Waals surface area (Å²) < 4.78 is 2.13. The van der Waals surface area contributed by atoms with Crippen molar-refractivity contribution in [1.29, 1.82) is 0 Å². The van der Waals surface area contributed by atoms with Gasteiger partial charge in [0, 0.05) is 29.4 Å². The van der Waals surface area contributed by atoms with Gasteiger partial charge in [-0.15, -0.1) is 0 Å². The van der Waals surface area contributed by atoms with Crippen molar-refractivity contribution in [2.45, 2.75) is 13.8 Å². The van der Waals surface area contributed by atoms with Gasteiger partial charge in [-0.05, 0) is 36.6 Å². The first kappa shape index (κ1) is 13.4. The molecule has 1 heterocycles. The van der Waals surface area contributed by atoms with Crippen LogP contribution in [0.15, 0.2) is 67.0 Å². The lowest BCUT2D eigenvalue weighted by Crippen LogP contribution is -2.30. The maximum Gasteiger partial charge on any atom is 0.213 e. The van der Waals surface area contributed by atoms with Crippen LogP contribution in [0.25, 0.3) is 16.8 Å². The number of hydrogen-bond donors (Lipinski definition) is 1. The summed E-state index contributed by atoms with van der Waals surface area (Å²) in [5.41, 5.74) is 12.7. The number of hydrogen-bond acceptors (Lipinski definition) is 1. The Hall–Kier alpha value is -2.61. The molecule has 0 saturated heterocycles. The van der Waals surface area contributed by atoms with Crippen LogP contribution in [-0.4, -0.2) is 0 Å². The molecule has 21 heavy (non-hydrogen) atoms. The Labute approximate surface area is 125 Å². The van der Waals surface area contributed by atoms with E-state index in [4.69, 9.17) is 5.73 Å². The molecule has 104 valence electrons. The lowest BCUT2D eigenvalue weighted by Gasteiger charge is -2.06. The van der Waals surface area contributed by atoms with E-state index in [1.807, 2.05) is 19.1 Å². The van der Waals surface area contributed by atoms with Gasteiger partial charge in [0.05, 0.1) is 0 Å². The molecule has 0 atom stereocenters. The quantitative estimate of drug-likeness (QED) is 0.559. The van der Waals surface area contributed by atoms with Gasteiger partial charge in [-0.3, -0.25) is 0 Å². The van der Waals surface area contributed by atoms with E-state index < -0.39 is 0 Å². The highest BCUT2D eigenvalue weighted by molar-refractivity contribution is 5.62. The number of rotatable bonds is 2. The molecular formula is C19H19N2+. The minimum atomic E-state index is 0.845. The Balaban J connectivity index is 2.00. The second kappa shape index (κ2) is 5.41. The highest BCUT2D eigenvalue weighted by atomic mass is 14.9. The van der Waals surface area contributed by atoms with E-state index in [-0.39, 0.29) is 0 Å². The maximum atomic E-state index is 5.96. The number of benzene rings is 2. The Morgan fingerprint density at radius 3 is 2.05 bits per heavy atom. The van der Waals surface area contributed by atoms with Crippen molar-refractivity contribution >= 4 is 5.69 Å². The van der Waals surface area contributed by atoms with E-state index in [0.29, 0.717) is 0 Å². The molecule has 0 saturated carbocycles. The molecule has 0 radical (unpaired) electrons. The molecular weight excluding hydrogens is 256 g/mol. The van der Waals surface area contributed by atoms with E-state index in [2.05, 4.69) is 66.3 Å². The average molecular weight is 275 g/mol. The second-order valence-corrected chi connectivity index (χ2v) is 5.36. The summed E-state index contributed by atoms with van der Waals surface area (Å²) in [6.45, 7) is 4.13. The molecule has 2 aromatic carbocycles. The zero-order chi connectivity index (χ0) is 14.8. The van der Waals surface area contributed by atoms with Gasteiger partial charge in [0.1, 0.15) is 0 Å². The van der Waals surface area contributed by atoms with E-state index in [9.17, 15) is 0 Å². The van der Waals surface area contributed by atoms with Crippen molar-refractivity contribution in [3.63, 3.8) is 0 Å². The van der Waals surface area contributed by atoms with Gasteiger partial charge in [-0.2, -0.15) is 4.57 Å². The Bertz CT molecular complexity index is 760. The molecule has 2 N–H and O–H groups in total. The van der Waals surface area contributed by atoms with Crippen molar-refractivity contribution in [1.82, 2.24) is 0 Å². The number of anilines is 1. The molecule has 0 unspecified atom stereocenters. The fourth-order valence-corrected chi connectivity index (χ4v) is 2.51. The van der Waals surface area contributed by atoms with Crippen LogP contribution in [0.1, 0.15) is 11.1 Å². The molecule has 1 aromatic heterocycles. The molecule has 0 bridgehead atoms. The van der Waals surface area contributed by atoms with Gasteiger partial charge in [0.2, 0.25) is 5.69 Å². The maximum absolute atomic E-state index is 5.96. The molecule has 3 rings (SSSR count). The van der Waals surface area contributed by atoms with Crippen LogP contribution in [0.3, 0.4) is 0 Å². The molecule has 3 aromatic rings. The summed E-state index contributed by atoms with van der Waals surface area (Å²) in [5, 5.41) is 0. The zero-order valence-corrected chi connectivity index (χ0v) is 12.4. The molecule has 2 heteroatoms. The van der Waals surface area contributed by atoms with Gasteiger partial charge in [-0.25, -0.2) is 0 Å². The molecule has 2 nitrogen and oxygen atoms in total. The smallest absolute Gasteiger partial charge is 0.213 e. The summed E-state index contributed by atoms with van der Waals surface area (Å²) in [6, 6.07) is 18.8. The normalized spacial score (nSPS) is 10.6. The van der Waals surface area contributed by atoms with Crippen molar-refractivity contribution in [3.05, 3.63) is 78.1 Å². The van der Waals surface area contributed by atoms with Crippen LogP contribution in [0.4, 0.5) is 5.69 Å². The van der Waals surface area contributed by atoms with E-state index in [1.54, 1.807) is 0 Å². The Morgan fingerprint density at radius 1 is 0.762 bits per heavy atom. The highest BCUT2D eigenvalue weighted by Gasteiger charge is 2.12. The second-order valence-electron chi connectivity index (χ2n) is 5.36. The van der Waals surface area contributed by atoms with Crippen LogP contribution in [0.5, 0.6) is 0 Å². The van der Waals surface area contributed by atoms with Crippen molar-refractivity contribution in [2.75, 3.05) is 5.73 Å². The number of nitrogens with two attached hydrogens (primary N) is 1. The van der Waals surface area contributed by atoms with Crippen LogP contribution >= 0.6 is 0 Å². The minimum absolute atomic E-state index is 0.845. The summed E-state index contributed by atoms with van der Waals surface area (Å²) in [7, 11) is 0. The van der Waals surface area contributed by atoms with Crippen LogP contribution in [0, 0.1) is 13.8 Å². The van der Waals surface area contributed by atoms with E-state index in [1.165, 1.54) is 22.4 Å². The molecule has 0 fully saturated rings. The van der Waals surface area contributed by atoms with Gasteiger partial charge >= 0.3 is 0 Å². The van der Waals surface area contributed by atoms with Gasteiger partial charge in [0.15, 0.2) is 12.4 Å². The largest absolute Gasteiger partial charge is 0.398 e.